The van der Waals surface area contributed by atoms with Crippen molar-refractivity contribution in [2.24, 2.45) is 0 Å². The molecule has 2 aliphatic rings. The van der Waals surface area contributed by atoms with Gasteiger partial charge in [0.2, 0.25) is 0 Å². The predicted molar refractivity (Wildman–Crippen MR) is 106 cm³/mol. The summed E-state index contributed by atoms with van der Waals surface area (Å²) in [5.74, 6) is 1.07. The SMILES string of the molecule is COc1ccccc1N1CCN(C2CCc3cc(O)ccc3C2C=O)CC1. The van der Waals surface area contributed by atoms with Crippen molar-refractivity contribution in [3.63, 3.8) is 0 Å². The van der Waals surface area contributed by atoms with Crippen LogP contribution in [0.1, 0.15) is 23.5 Å². The van der Waals surface area contributed by atoms with Gasteiger partial charge in [0.1, 0.15) is 17.8 Å². The molecule has 0 saturated carbocycles. The minimum atomic E-state index is -0.118. The van der Waals surface area contributed by atoms with Crippen molar-refractivity contribution >= 4 is 12.0 Å². The monoisotopic (exact) mass is 366 g/mol. The fraction of sp³-hybridized carbons (Fsp3) is 0.409. The summed E-state index contributed by atoms with van der Waals surface area (Å²) >= 11 is 0. The number of aryl methyl sites for hydroxylation is 1. The zero-order chi connectivity index (χ0) is 18.8. The number of aldehydes is 1. The highest BCUT2D eigenvalue weighted by Crippen LogP contribution is 2.36. The van der Waals surface area contributed by atoms with E-state index in [9.17, 15) is 9.90 Å². The van der Waals surface area contributed by atoms with Gasteiger partial charge in [0.25, 0.3) is 0 Å². The van der Waals surface area contributed by atoms with Crippen LogP contribution < -0.4 is 9.64 Å². The van der Waals surface area contributed by atoms with E-state index in [1.807, 2.05) is 30.3 Å². The Hall–Kier alpha value is -2.53. The Balaban J connectivity index is 1.48. The molecule has 1 N–H and O–H groups in total. The molecule has 1 saturated heterocycles. The Labute approximate surface area is 160 Å². The molecule has 0 spiro atoms. The second kappa shape index (κ2) is 7.61. The van der Waals surface area contributed by atoms with Crippen molar-refractivity contribution in [1.82, 2.24) is 4.90 Å². The Morgan fingerprint density at radius 3 is 2.63 bits per heavy atom. The number of phenols is 1. The summed E-state index contributed by atoms with van der Waals surface area (Å²) in [5, 5.41) is 9.73. The molecule has 2 aromatic rings. The number of rotatable bonds is 4. The molecule has 2 unspecified atom stereocenters. The number of phenolic OH excluding ortho intramolecular Hbond substituents is 1. The van der Waals surface area contributed by atoms with Crippen LogP contribution in [-0.2, 0) is 11.2 Å². The first-order chi connectivity index (χ1) is 13.2. The minimum Gasteiger partial charge on any atom is -0.508 e. The predicted octanol–water partition coefficient (Wildman–Crippen LogP) is 2.82. The maximum atomic E-state index is 11.9. The van der Waals surface area contributed by atoms with E-state index < -0.39 is 0 Å². The van der Waals surface area contributed by atoms with Gasteiger partial charge >= 0.3 is 0 Å². The molecule has 0 aromatic heterocycles. The molecule has 4 rings (SSSR count). The summed E-state index contributed by atoms with van der Waals surface area (Å²) in [7, 11) is 1.71. The Morgan fingerprint density at radius 1 is 1.11 bits per heavy atom. The third kappa shape index (κ3) is 3.39. The van der Waals surface area contributed by atoms with Gasteiger partial charge in [-0.15, -0.1) is 0 Å². The van der Waals surface area contributed by atoms with Crippen LogP contribution >= 0.6 is 0 Å². The van der Waals surface area contributed by atoms with Crippen molar-refractivity contribution in [2.45, 2.75) is 24.8 Å². The lowest BCUT2D eigenvalue weighted by Crippen LogP contribution is -2.53. The van der Waals surface area contributed by atoms with Gasteiger partial charge in [0.15, 0.2) is 0 Å². The normalized spacial score (nSPS) is 22.9. The van der Waals surface area contributed by atoms with Crippen LogP contribution in [0.2, 0.25) is 0 Å². The van der Waals surface area contributed by atoms with E-state index >= 15 is 0 Å². The third-order valence-corrected chi connectivity index (χ3v) is 5.97. The number of methoxy groups -OCH3 is 1. The molecule has 1 aliphatic heterocycles. The maximum Gasteiger partial charge on any atom is 0.142 e. The molecule has 142 valence electrons. The van der Waals surface area contributed by atoms with E-state index in [4.69, 9.17) is 4.74 Å². The summed E-state index contributed by atoms with van der Waals surface area (Å²) in [6.07, 6.45) is 2.95. The van der Waals surface area contributed by atoms with Crippen molar-refractivity contribution < 1.29 is 14.6 Å². The van der Waals surface area contributed by atoms with E-state index in [0.29, 0.717) is 0 Å². The van der Waals surface area contributed by atoms with Crippen LogP contribution in [0.25, 0.3) is 0 Å². The fourth-order valence-corrected chi connectivity index (χ4v) is 4.58. The number of hydrogen-bond acceptors (Lipinski definition) is 5. The number of piperazine rings is 1. The van der Waals surface area contributed by atoms with Gasteiger partial charge in [-0.3, -0.25) is 4.90 Å². The third-order valence-electron chi connectivity index (χ3n) is 5.97. The molecule has 27 heavy (non-hydrogen) atoms. The molecule has 5 nitrogen and oxygen atoms in total. The van der Waals surface area contributed by atoms with Crippen LogP contribution in [0.15, 0.2) is 42.5 Å². The van der Waals surface area contributed by atoms with E-state index in [0.717, 1.165) is 67.9 Å². The lowest BCUT2D eigenvalue weighted by atomic mass is 9.79. The van der Waals surface area contributed by atoms with E-state index in [-0.39, 0.29) is 17.7 Å². The standard InChI is InChI=1S/C22H26N2O3/c1-27-22-5-3-2-4-21(22)24-12-10-23(11-13-24)20-9-6-16-14-17(26)7-8-18(16)19(20)15-25/h2-5,7-8,14-15,19-20,26H,6,9-13H2,1H3. The molecule has 1 heterocycles. The Bertz CT molecular complexity index is 815. The number of benzene rings is 2. The number of ether oxygens (including phenoxy) is 1. The van der Waals surface area contributed by atoms with Crippen LogP contribution in [0.3, 0.4) is 0 Å². The maximum absolute atomic E-state index is 11.9. The molecule has 0 bridgehead atoms. The topological polar surface area (TPSA) is 53.0 Å². The van der Waals surface area contributed by atoms with Crippen LogP contribution in [-0.4, -0.2) is 55.6 Å². The Morgan fingerprint density at radius 2 is 1.89 bits per heavy atom. The molecule has 2 aromatic carbocycles. The van der Waals surface area contributed by atoms with E-state index in [1.54, 1.807) is 13.2 Å². The minimum absolute atomic E-state index is 0.118. The summed E-state index contributed by atoms with van der Waals surface area (Å²) in [4.78, 5) is 16.7. The number of aromatic hydroxyl groups is 1. The van der Waals surface area contributed by atoms with Crippen molar-refractivity contribution in [1.29, 1.82) is 0 Å². The molecule has 0 radical (unpaired) electrons. The number of fused-ring (bicyclic) bond motifs is 1. The zero-order valence-electron chi connectivity index (χ0n) is 15.7. The molecular weight excluding hydrogens is 340 g/mol. The highest BCUT2D eigenvalue weighted by molar-refractivity contribution is 5.66. The molecule has 1 aliphatic carbocycles. The lowest BCUT2D eigenvalue weighted by Gasteiger charge is -2.44. The van der Waals surface area contributed by atoms with Crippen LogP contribution in [0.5, 0.6) is 11.5 Å². The second-order valence-electron chi connectivity index (χ2n) is 7.35. The number of hydrogen-bond donors (Lipinski definition) is 1. The first-order valence-corrected chi connectivity index (χ1v) is 9.60. The van der Waals surface area contributed by atoms with Crippen LogP contribution in [0, 0.1) is 0 Å². The van der Waals surface area contributed by atoms with E-state index in [2.05, 4.69) is 15.9 Å². The number of carbonyl (C=O) groups excluding carboxylic acids is 1. The highest BCUT2D eigenvalue weighted by Gasteiger charge is 2.35. The second-order valence-corrected chi connectivity index (χ2v) is 7.35. The summed E-state index contributed by atoms with van der Waals surface area (Å²) in [5.41, 5.74) is 3.32. The van der Waals surface area contributed by atoms with Crippen LogP contribution in [0.4, 0.5) is 5.69 Å². The lowest BCUT2D eigenvalue weighted by molar-refractivity contribution is -0.110. The summed E-state index contributed by atoms with van der Waals surface area (Å²) in [6.45, 7) is 3.71. The highest BCUT2D eigenvalue weighted by atomic mass is 16.5. The molecule has 0 amide bonds. The molecular formula is C22H26N2O3. The zero-order valence-corrected chi connectivity index (χ0v) is 15.7. The van der Waals surface area contributed by atoms with E-state index in [1.165, 1.54) is 0 Å². The first kappa shape index (κ1) is 17.9. The smallest absolute Gasteiger partial charge is 0.142 e. The van der Waals surface area contributed by atoms with Gasteiger partial charge in [-0.25, -0.2) is 0 Å². The summed E-state index contributed by atoms with van der Waals surface area (Å²) in [6, 6.07) is 13.8. The average molecular weight is 366 g/mol. The van der Waals surface area contributed by atoms with Gasteiger partial charge in [0, 0.05) is 32.2 Å². The van der Waals surface area contributed by atoms with Gasteiger partial charge in [0.05, 0.1) is 18.7 Å². The van der Waals surface area contributed by atoms with Crippen molar-refractivity contribution in [3.05, 3.63) is 53.6 Å². The fourth-order valence-electron chi connectivity index (χ4n) is 4.58. The molecule has 1 fully saturated rings. The largest absolute Gasteiger partial charge is 0.508 e. The van der Waals surface area contributed by atoms with Gasteiger partial charge in [-0.05, 0) is 48.2 Å². The first-order valence-electron chi connectivity index (χ1n) is 9.60. The number of nitrogens with zero attached hydrogens (tertiary/aromatic N) is 2. The van der Waals surface area contributed by atoms with Crippen molar-refractivity contribution in [2.75, 3.05) is 38.2 Å². The molecule has 5 heteroatoms. The summed E-state index contributed by atoms with van der Waals surface area (Å²) < 4.78 is 5.50. The number of carbonyl (C=O) groups is 1. The number of anilines is 1. The molecule has 2 atom stereocenters. The van der Waals surface area contributed by atoms with Crippen molar-refractivity contribution in [3.8, 4) is 11.5 Å². The quantitative estimate of drug-likeness (QED) is 0.844. The Kier molecular flexibility index (Phi) is 5.03. The average Bonchev–Trinajstić information content (AvgIpc) is 2.72. The van der Waals surface area contributed by atoms with Gasteiger partial charge in [-0.1, -0.05) is 18.2 Å². The van der Waals surface area contributed by atoms with Gasteiger partial charge in [-0.2, -0.15) is 0 Å². The number of para-hydroxylation sites is 2. The van der Waals surface area contributed by atoms with Gasteiger partial charge < -0.3 is 19.5 Å².